The standard InChI is InChI=1S/C25H24F2N6O4/c1-11-16(7-31-23-22(11)29-2-3-36-23)14-4-12-5-19(30-8-17(12)21(28)20(14)27)32-25(35)37-13-9-33(10-13)24(34)15-6-18(15)26/h4-5,7-8,13,15,18,29H,2-3,6,9-10,28H2,1H3,(H,30,32,35)/t15-,18+/m1/s1. The third kappa shape index (κ3) is 4.11. The number of nitrogens with two attached hydrogens (primary N) is 1. The van der Waals surface area contributed by atoms with Crippen molar-refractivity contribution in [3.05, 3.63) is 35.9 Å². The van der Waals surface area contributed by atoms with Gasteiger partial charge in [0.25, 0.3) is 0 Å². The first-order chi connectivity index (χ1) is 17.8. The number of nitrogen functional groups attached to an aromatic ring is 1. The van der Waals surface area contributed by atoms with Crippen LogP contribution in [-0.2, 0) is 9.53 Å². The van der Waals surface area contributed by atoms with Crippen LogP contribution < -0.4 is 21.1 Å². The van der Waals surface area contributed by atoms with Crippen LogP contribution in [0.3, 0.4) is 0 Å². The Morgan fingerprint density at radius 1 is 1.24 bits per heavy atom. The molecule has 12 heteroatoms. The molecule has 0 radical (unpaired) electrons. The van der Waals surface area contributed by atoms with E-state index in [1.165, 1.54) is 11.1 Å². The molecule has 0 unspecified atom stereocenters. The Morgan fingerprint density at radius 3 is 2.78 bits per heavy atom. The van der Waals surface area contributed by atoms with Crippen LogP contribution in [0.1, 0.15) is 12.0 Å². The Labute approximate surface area is 210 Å². The molecule has 1 aliphatic carbocycles. The van der Waals surface area contributed by atoms with Crippen molar-refractivity contribution < 1.29 is 27.8 Å². The summed E-state index contributed by atoms with van der Waals surface area (Å²) >= 11 is 0. The number of pyridine rings is 2. The van der Waals surface area contributed by atoms with Gasteiger partial charge in [-0.1, -0.05) is 0 Å². The SMILES string of the molecule is Cc1c(-c2cc3cc(NC(=O)OC4CN(C(=O)[C@@H]5C[C@@H]5F)C4)ncc3c(N)c2F)cnc2c1NCCO2. The number of alkyl halides is 1. The van der Waals surface area contributed by atoms with Gasteiger partial charge < -0.3 is 25.4 Å². The van der Waals surface area contributed by atoms with Gasteiger partial charge in [-0.2, -0.15) is 0 Å². The normalized spacial score (nSPS) is 20.4. The molecule has 3 aliphatic rings. The summed E-state index contributed by atoms with van der Waals surface area (Å²) < 4.78 is 39.3. The largest absolute Gasteiger partial charge is 0.474 e. The molecule has 2 atom stereocenters. The molecule has 1 aromatic carbocycles. The number of ether oxygens (including phenoxy) is 2. The van der Waals surface area contributed by atoms with E-state index < -0.39 is 30.1 Å². The molecule has 2 aliphatic heterocycles. The molecule has 10 nitrogen and oxygen atoms in total. The van der Waals surface area contributed by atoms with Gasteiger partial charge >= 0.3 is 6.09 Å². The van der Waals surface area contributed by atoms with Crippen molar-refractivity contribution in [3.8, 4) is 17.0 Å². The van der Waals surface area contributed by atoms with Crippen LogP contribution in [0.25, 0.3) is 21.9 Å². The molecule has 2 aromatic heterocycles. The number of likely N-dealkylation sites (tertiary alicyclic amines) is 1. The summed E-state index contributed by atoms with van der Waals surface area (Å²) in [6.45, 7) is 3.43. The van der Waals surface area contributed by atoms with Gasteiger partial charge in [0.2, 0.25) is 11.8 Å². The van der Waals surface area contributed by atoms with Gasteiger partial charge in [-0.15, -0.1) is 0 Å². The quantitative estimate of drug-likeness (QED) is 0.456. The van der Waals surface area contributed by atoms with Crippen molar-refractivity contribution in [3.63, 3.8) is 0 Å². The number of carbonyl (C=O) groups excluding carboxylic acids is 2. The number of hydrogen-bond acceptors (Lipinski definition) is 8. The van der Waals surface area contributed by atoms with Crippen molar-refractivity contribution in [2.24, 2.45) is 5.92 Å². The number of benzene rings is 1. The number of carbonyl (C=O) groups is 2. The zero-order valence-electron chi connectivity index (χ0n) is 19.9. The fraction of sp³-hybridized carbons (Fsp3) is 0.360. The average molecular weight is 511 g/mol. The maximum Gasteiger partial charge on any atom is 0.413 e. The van der Waals surface area contributed by atoms with Crippen LogP contribution in [0.2, 0.25) is 0 Å². The first kappa shape index (κ1) is 23.2. The Bertz CT molecular complexity index is 1440. The summed E-state index contributed by atoms with van der Waals surface area (Å²) in [6, 6.07) is 3.20. The number of fused-ring (bicyclic) bond motifs is 2. The lowest BCUT2D eigenvalue weighted by Crippen LogP contribution is -2.56. The van der Waals surface area contributed by atoms with Crippen LogP contribution in [0.4, 0.5) is 30.8 Å². The van der Waals surface area contributed by atoms with E-state index in [4.69, 9.17) is 15.2 Å². The highest BCUT2D eigenvalue weighted by Gasteiger charge is 2.48. The molecule has 4 N–H and O–H groups in total. The monoisotopic (exact) mass is 510 g/mol. The van der Waals surface area contributed by atoms with E-state index in [1.807, 2.05) is 6.92 Å². The van der Waals surface area contributed by atoms with E-state index in [-0.39, 0.29) is 42.5 Å². The smallest absolute Gasteiger partial charge is 0.413 e. The molecule has 1 saturated carbocycles. The van der Waals surface area contributed by atoms with Gasteiger partial charge in [0.1, 0.15) is 30.4 Å². The highest BCUT2D eigenvalue weighted by Crippen LogP contribution is 2.40. The highest BCUT2D eigenvalue weighted by molar-refractivity contribution is 5.99. The molecule has 2 fully saturated rings. The van der Waals surface area contributed by atoms with Crippen LogP contribution in [0, 0.1) is 18.7 Å². The highest BCUT2D eigenvalue weighted by atomic mass is 19.1. The lowest BCUT2D eigenvalue weighted by atomic mass is 9.97. The minimum absolute atomic E-state index is 0.0686. The molecule has 192 valence electrons. The number of rotatable bonds is 4. The fourth-order valence-electron chi connectivity index (χ4n) is 4.69. The van der Waals surface area contributed by atoms with Crippen LogP contribution in [-0.4, -0.2) is 65.4 Å². The molecular weight excluding hydrogens is 486 g/mol. The van der Waals surface area contributed by atoms with E-state index in [0.29, 0.717) is 41.1 Å². The van der Waals surface area contributed by atoms with E-state index in [0.717, 1.165) is 5.56 Å². The lowest BCUT2D eigenvalue weighted by molar-refractivity contribution is -0.143. The summed E-state index contributed by atoms with van der Waals surface area (Å²) in [5.41, 5.74) is 8.35. The summed E-state index contributed by atoms with van der Waals surface area (Å²) in [4.78, 5) is 34.3. The Hall–Kier alpha value is -4.22. The third-order valence-electron chi connectivity index (χ3n) is 6.93. The Balaban J connectivity index is 1.20. The third-order valence-corrected chi connectivity index (χ3v) is 6.93. The van der Waals surface area contributed by atoms with Crippen molar-refractivity contribution in [2.75, 3.05) is 42.6 Å². The van der Waals surface area contributed by atoms with Gasteiger partial charge in [-0.3, -0.25) is 10.1 Å². The van der Waals surface area contributed by atoms with Gasteiger partial charge in [0, 0.05) is 35.5 Å². The number of nitrogens with one attached hydrogen (secondary N) is 2. The Morgan fingerprint density at radius 2 is 2.03 bits per heavy atom. The van der Waals surface area contributed by atoms with Crippen molar-refractivity contribution in [1.29, 1.82) is 0 Å². The fourth-order valence-corrected chi connectivity index (χ4v) is 4.69. The van der Waals surface area contributed by atoms with Crippen LogP contribution >= 0.6 is 0 Å². The zero-order valence-corrected chi connectivity index (χ0v) is 19.9. The summed E-state index contributed by atoms with van der Waals surface area (Å²) in [5, 5.41) is 6.75. The number of anilines is 3. The molecule has 0 spiro atoms. The average Bonchev–Trinajstić information content (AvgIpc) is 3.60. The van der Waals surface area contributed by atoms with Crippen molar-refractivity contribution >= 4 is 40.0 Å². The predicted molar refractivity (Wildman–Crippen MR) is 132 cm³/mol. The van der Waals surface area contributed by atoms with E-state index >= 15 is 4.39 Å². The summed E-state index contributed by atoms with van der Waals surface area (Å²) in [7, 11) is 0. The minimum Gasteiger partial charge on any atom is -0.474 e. The van der Waals surface area contributed by atoms with Gasteiger partial charge in [0.15, 0.2) is 5.82 Å². The van der Waals surface area contributed by atoms with Gasteiger partial charge in [0.05, 0.1) is 24.7 Å². The lowest BCUT2D eigenvalue weighted by Gasteiger charge is -2.38. The molecule has 2 amide bonds. The second kappa shape index (κ2) is 8.71. The zero-order chi connectivity index (χ0) is 25.8. The van der Waals surface area contributed by atoms with E-state index in [1.54, 1.807) is 18.3 Å². The number of hydrogen-bond donors (Lipinski definition) is 3. The first-order valence-electron chi connectivity index (χ1n) is 11.9. The Kier molecular flexibility index (Phi) is 5.46. The second-order valence-electron chi connectivity index (χ2n) is 9.45. The minimum atomic E-state index is -1.06. The molecule has 37 heavy (non-hydrogen) atoms. The molecule has 0 bridgehead atoms. The maximum atomic E-state index is 15.3. The summed E-state index contributed by atoms with van der Waals surface area (Å²) in [5.74, 6) is -0.726. The van der Waals surface area contributed by atoms with Gasteiger partial charge in [-0.05, 0) is 36.4 Å². The predicted octanol–water partition coefficient (Wildman–Crippen LogP) is 3.25. The molecule has 1 saturated heterocycles. The number of amides is 2. The number of aromatic nitrogens is 2. The molecule has 6 rings (SSSR count). The van der Waals surface area contributed by atoms with E-state index in [9.17, 15) is 14.0 Å². The van der Waals surface area contributed by atoms with Crippen LogP contribution in [0.15, 0.2) is 24.5 Å². The van der Waals surface area contributed by atoms with Gasteiger partial charge in [-0.25, -0.2) is 23.5 Å². The summed E-state index contributed by atoms with van der Waals surface area (Å²) in [6.07, 6.45) is 0.915. The molecular formula is C25H24F2N6O4. The number of nitrogens with zero attached hydrogens (tertiary/aromatic N) is 3. The molecule has 4 heterocycles. The van der Waals surface area contributed by atoms with E-state index in [2.05, 4.69) is 20.6 Å². The first-order valence-corrected chi connectivity index (χ1v) is 11.9. The number of halogens is 2. The molecule has 3 aromatic rings. The van der Waals surface area contributed by atoms with Crippen molar-refractivity contribution in [1.82, 2.24) is 14.9 Å². The van der Waals surface area contributed by atoms with Crippen molar-refractivity contribution in [2.45, 2.75) is 25.6 Å². The second-order valence-corrected chi connectivity index (χ2v) is 9.45. The maximum absolute atomic E-state index is 15.3. The topological polar surface area (TPSA) is 132 Å². The van der Waals surface area contributed by atoms with Crippen LogP contribution in [0.5, 0.6) is 5.88 Å².